The molecule has 6 heteroatoms. The van der Waals surface area contributed by atoms with Crippen LogP contribution in [0.2, 0.25) is 0 Å². The van der Waals surface area contributed by atoms with Gasteiger partial charge in [0.25, 0.3) is 5.24 Å². The van der Waals surface area contributed by atoms with E-state index in [2.05, 4.69) is 51.7 Å². The van der Waals surface area contributed by atoms with Crippen LogP contribution in [0.1, 0.15) is 17.5 Å². The summed E-state index contributed by atoms with van der Waals surface area (Å²) >= 11 is 1.08. The molecule has 2 aliphatic rings. The fourth-order valence-corrected chi connectivity index (χ4v) is 4.94. The zero-order valence-corrected chi connectivity index (χ0v) is 16.0. The number of hydrogen-bond donors (Lipinski definition) is 2. The average molecular weight is 389 g/mol. The van der Waals surface area contributed by atoms with Crippen molar-refractivity contribution in [3.05, 3.63) is 65.9 Å². The maximum atomic E-state index is 11.9. The number of aromatic nitrogens is 1. The molecule has 3 heterocycles. The van der Waals surface area contributed by atoms with Crippen molar-refractivity contribution in [2.24, 2.45) is 0 Å². The van der Waals surface area contributed by atoms with Gasteiger partial charge in [0.15, 0.2) is 0 Å². The molecule has 0 spiro atoms. The number of thioether (sulfide) groups is 1. The van der Waals surface area contributed by atoms with Crippen LogP contribution < -0.4 is 10.6 Å². The largest absolute Gasteiger partial charge is 0.373 e. The van der Waals surface area contributed by atoms with E-state index in [1.54, 1.807) is 0 Å². The number of amides is 2. The number of rotatable bonds is 4. The van der Waals surface area contributed by atoms with Crippen molar-refractivity contribution in [3.63, 3.8) is 0 Å². The first-order valence-corrected chi connectivity index (χ1v) is 10.3. The highest BCUT2D eigenvalue weighted by Crippen LogP contribution is 2.29. The van der Waals surface area contributed by atoms with Crippen LogP contribution in [-0.4, -0.2) is 27.0 Å². The smallest absolute Gasteiger partial charge is 0.286 e. The Morgan fingerprint density at radius 1 is 1.21 bits per heavy atom. The minimum absolute atomic E-state index is 0.190. The average Bonchev–Trinajstić information content (AvgIpc) is 3.25. The lowest BCUT2D eigenvalue weighted by molar-refractivity contribution is -0.118. The zero-order chi connectivity index (χ0) is 19.1. The van der Waals surface area contributed by atoms with Gasteiger partial charge in [0, 0.05) is 29.7 Å². The highest BCUT2D eigenvalue weighted by molar-refractivity contribution is 8.15. The van der Waals surface area contributed by atoms with Crippen LogP contribution in [0, 0.1) is 12.1 Å². The Labute approximate surface area is 167 Å². The Balaban J connectivity index is 1.37. The fourth-order valence-electron chi connectivity index (χ4n) is 4.09. The molecule has 2 amide bonds. The Kier molecular flexibility index (Phi) is 4.25. The maximum absolute atomic E-state index is 11.9. The summed E-state index contributed by atoms with van der Waals surface area (Å²) in [6.45, 7) is 0.867. The van der Waals surface area contributed by atoms with Gasteiger partial charge in [0.1, 0.15) is 0 Å². The summed E-state index contributed by atoms with van der Waals surface area (Å²) in [7, 11) is 0. The highest BCUT2D eigenvalue weighted by atomic mass is 32.2. The highest BCUT2D eigenvalue weighted by Gasteiger charge is 2.32. The van der Waals surface area contributed by atoms with Crippen LogP contribution in [0.5, 0.6) is 0 Å². The second kappa shape index (κ2) is 6.92. The maximum Gasteiger partial charge on any atom is 0.286 e. The summed E-state index contributed by atoms with van der Waals surface area (Å²) in [6, 6.07) is 18.9. The van der Waals surface area contributed by atoms with E-state index in [4.69, 9.17) is 0 Å². The van der Waals surface area contributed by atoms with E-state index in [9.17, 15) is 9.59 Å². The van der Waals surface area contributed by atoms with Crippen LogP contribution in [0.25, 0.3) is 10.9 Å². The predicted molar refractivity (Wildman–Crippen MR) is 110 cm³/mol. The molecule has 2 aliphatic heterocycles. The van der Waals surface area contributed by atoms with E-state index in [1.165, 1.54) is 5.56 Å². The van der Waals surface area contributed by atoms with Crippen molar-refractivity contribution in [3.8, 4) is 0 Å². The monoisotopic (exact) mass is 389 g/mol. The molecule has 2 N–H and O–H groups in total. The molecule has 5 rings (SSSR count). The lowest BCUT2D eigenvalue weighted by atomic mass is 9.99. The quantitative estimate of drug-likeness (QED) is 0.716. The molecular weight excluding hydrogens is 370 g/mol. The molecule has 2 aromatic carbocycles. The minimum Gasteiger partial charge on any atom is -0.373 e. The lowest BCUT2D eigenvalue weighted by Crippen LogP contribution is -2.29. The Morgan fingerprint density at radius 3 is 3.00 bits per heavy atom. The van der Waals surface area contributed by atoms with Gasteiger partial charge in [-0.15, -0.1) is 0 Å². The molecule has 2 unspecified atom stereocenters. The number of carbonyl (C=O) groups is 2. The summed E-state index contributed by atoms with van der Waals surface area (Å²) in [5, 5.41) is 6.50. The molecule has 0 radical (unpaired) electrons. The first-order valence-electron chi connectivity index (χ1n) is 9.43. The standard InChI is InChI=1S/C22H19N3O2S/c26-21-20(28-22(27)24-21)12-15-5-3-7-19-17(15)10-11-25(19)13-16-9-8-14-4-1-2-6-18(14)23-16/h1,3-5,7,10-11,16,20,23H,8-9,12-13H2,(H,24,26,27). The molecule has 140 valence electrons. The van der Waals surface area contributed by atoms with Gasteiger partial charge in [0.2, 0.25) is 5.91 Å². The number of aryl methyl sites for hydroxylation is 1. The third kappa shape index (κ3) is 3.12. The molecule has 28 heavy (non-hydrogen) atoms. The van der Waals surface area contributed by atoms with Crippen LogP contribution >= 0.6 is 11.8 Å². The number of fused-ring (bicyclic) bond motifs is 2. The molecular formula is C22H19N3O2S. The van der Waals surface area contributed by atoms with E-state index in [-0.39, 0.29) is 16.4 Å². The SMILES string of the molecule is O=C1NC(=O)C(Cc2cccc3c2ccn3CC2CCc3ccc#cc3N2)S1. The van der Waals surface area contributed by atoms with Crippen LogP contribution in [-0.2, 0) is 24.2 Å². The topological polar surface area (TPSA) is 63.1 Å². The first-order chi connectivity index (χ1) is 13.7. The second-order valence-corrected chi connectivity index (χ2v) is 8.46. The Morgan fingerprint density at radius 2 is 2.14 bits per heavy atom. The summed E-state index contributed by atoms with van der Waals surface area (Å²) in [6.07, 6.45) is 4.79. The molecule has 1 aromatic heterocycles. The zero-order valence-electron chi connectivity index (χ0n) is 15.2. The number of carbonyl (C=O) groups excluding carboxylic acids is 2. The van der Waals surface area contributed by atoms with Crippen molar-refractivity contribution >= 4 is 39.5 Å². The normalized spacial score (nSPS) is 21.1. The minimum atomic E-state index is -0.343. The van der Waals surface area contributed by atoms with Crippen molar-refractivity contribution in [1.29, 1.82) is 0 Å². The Bertz CT molecular complexity index is 1070. The number of imide groups is 1. The van der Waals surface area contributed by atoms with Crippen LogP contribution in [0.15, 0.2) is 42.6 Å². The van der Waals surface area contributed by atoms with E-state index in [0.29, 0.717) is 12.5 Å². The van der Waals surface area contributed by atoms with E-state index in [1.807, 2.05) is 18.2 Å². The first kappa shape index (κ1) is 17.2. The molecule has 3 aromatic rings. The fraction of sp³-hybridized carbons (Fsp3) is 0.273. The summed E-state index contributed by atoms with van der Waals surface area (Å²) in [5.41, 5.74) is 4.62. The van der Waals surface area contributed by atoms with Gasteiger partial charge >= 0.3 is 0 Å². The Hall–Kier alpha value is -2.91. The van der Waals surface area contributed by atoms with Gasteiger partial charge in [-0.05, 0) is 60.7 Å². The van der Waals surface area contributed by atoms with Gasteiger partial charge in [-0.1, -0.05) is 30.0 Å². The van der Waals surface area contributed by atoms with Gasteiger partial charge in [-0.25, -0.2) is 0 Å². The number of benzene rings is 1. The molecule has 1 fully saturated rings. The van der Waals surface area contributed by atoms with Crippen molar-refractivity contribution in [2.75, 3.05) is 5.32 Å². The molecule has 0 saturated carbocycles. The van der Waals surface area contributed by atoms with E-state index in [0.717, 1.165) is 53.3 Å². The van der Waals surface area contributed by atoms with Crippen molar-refractivity contribution in [2.45, 2.75) is 37.1 Å². The van der Waals surface area contributed by atoms with Crippen molar-refractivity contribution < 1.29 is 9.59 Å². The van der Waals surface area contributed by atoms with Gasteiger partial charge < -0.3 is 9.88 Å². The molecule has 1 saturated heterocycles. The van der Waals surface area contributed by atoms with E-state index < -0.39 is 0 Å². The van der Waals surface area contributed by atoms with E-state index >= 15 is 0 Å². The number of anilines is 1. The molecule has 0 aliphatic carbocycles. The predicted octanol–water partition coefficient (Wildman–Crippen LogP) is 3.56. The van der Waals surface area contributed by atoms with Crippen molar-refractivity contribution in [1.82, 2.24) is 9.88 Å². The molecule has 0 bridgehead atoms. The van der Waals surface area contributed by atoms with Crippen LogP contribution in [0.4, 0.5) is 10.5 Å². The third-order valence-electron chi connectivity index (χ3n) is 5.49. The summed E-state index contributed by atoms with van der Waals surface area (Å²) in [4.78, 5) is 23.4. The van der Waals surface area contributed by atoms with Gasteiger partial charge in [-0.3, -0.25) is 14.9 Å². The van der Waals surface area contributed by atoms with Gasteiger partial charge in [-0.2, -0.15) is 0 Å². The second-order valence-electron chi connectivity index (χ2n) is 7.29. The number of hydrogen-bond acceptors (Lipinski definition) is 4. The third-order valence-corrected chi connectivity index (χ3v) is 6.47. The number of nitrogens with zero attached hydrogens (tertiary/aromatic N) is 1. The van der Waals surface area contributed by atoms with Gasteiger partial charge in [0.05, 0.1) is 10.9 Å². The molecule has 2 atom stereocenters. The molecule has 5 nitrogen and oxygen atoms in total. The summed E-state index contributed by atoms with van der Waals surface area (Å²) < 4.78 is 2.27. The number of nitrogens with one attached hydrogen (secondary N) is 2. The van der Waals surface area contributed by atoms with Crippen LogP contribution in [0.3, 0.4) is 0 Å². The lowest BCUT2D eigenvalue weighted by Gasteiger charge is -2.26. The summed E-state index contributed by atoms with van der Waals surface area (Å²) in [5.74, 6) is -0.190.